The molecule has 0 heterocycles. The molecule has 0 spiro atoms. The Kier molecular flexibility index (Phi) is 3.54. The van der Waals surface area contributed by atoms with Gasteiger partial charge in [0.2, 0.25) is 0 Å². The molecule has 6 heteroatoms. The molecule has 15 heavy (non-hydrogen) atoms. The van der Waals surface area contributed by atoms with Gasteiger partial charge in [-0.25, -0.2) is 8.42 Å². The number of nitrogens with one attached hydrogen (secondary N) is 1. The summed E-state index contributed by atoms with van der Waals surface area (Å²) in [6, 6.07) is 4.46. The smallest absolute Gasteiger partial charge is 0.175 e. The number of hydrogen-bond donors (Lipinski definition) is 3. The van der Waals surface area contributed by atoms with Crippen molar-refractivity contribution in [2.75, 3.05) is 30.5 Å². The molecule has 4 N–H and O–H groups in total. The van der Waals surface area contributed by atoms with E-state index in [1.807, 2.05) is 0 Å². The standard InChI is InChI=1S/C9H14N2O3S/c1-15(13,14)7-2-3-9(8(10)6-7)11-4-5-12/h2-3,6,11-12H,4-5,10H2,1H3. The molecular weight excluding hydrogens is 216 g/mol. The minimum absolute atomic E-state index is 0.00668. The summed E-state index contributed by atoms with van der Waals surface area (Å²) in [6.07, 6.45) is 1.13. The predicted octanol–water partition coefficient (Wildman–Crippen LogP) is 0.0765. The van der Waals surface area contributed by atoms with Crippen LogP contribution >= 0.6 is 0 Å². The van der Waals surface area contributed by atoms with Crippen LogP contribution in [0.4, 0.5) is 11.4 Å². The number of nitrogens with two attached hydrogens (primary N) is 1. The number of benzene rings is 1. The number of aliphatic hydroxyl groups is 1. The van der Waals surface area contributed by atoms with Crippen molar-refractivity contribution >= 4 is 21.2 Å². The molecule has 0 fully saturated rings. The average Bonchev–Trinajstić information content (AvgIpc) is 2.14. The van der Waals surface area contributed by atoms with E-state index in [1.165, 1.54) is 12.1 Å². The lowest BCUT2D eigenvalue weighted by Crippen LogP contribution is -2.08. The highest BCUT2D eigenvalue weighted by Crippen LogP contribution is 2.22. The summed E-state index contributed by atoms with van der Waals surface area (Å²) in [5.41, 5.74) is 6.63. The van der Waals surface area contributed by atoms with Crippen LogP contribution in [0.25, 0.3) is 0 Å². The molecule has 0 aliphatic rings. The first-order valence-electron chi connectivity index (χ1n) is 4.39. The number of rotatable bonds is 4. The normalized spacial score (nSPS) is 11.3. The van der Waals surface area contributed by atoms with Crippen LogP contribution < -0.4 is 11.1 Å². The van der Waals surface area contributed by atoms with Gasteiger partial charge in [-0.15, -0.1) is 0 Å². The van der Waals surface area contributed by atoms with Crippen molar-refractivity contribution in [2.45, 2.75) is 4.90 Å². The number of anilines is 2. The van der Waals surface area contributed by atoms with Gasteiger partial charge in [-0.1, -0.05) is 0 Å². The van der Waals surface area contributed by atoms with E-state index in [4.69, 9.17) is 10.8 Å². The van der Waals surface area contributed by atoms with Crippen molar-refractivity contribution < 1.29 is 13.5 Å². The molecule has 1 aromatic carbocycles. The van der Waals surface area contributed by atoms with Crippen LogP contribution in [-0.2, 0) is 9.84 Å². The van der Waals surface area contributed by atoms with Gasteiger partial charge in [0.25, 0.3) is 0 Å². The van der Waals surface area contributed by atoms with Crippen molar-refractivity contribution in [3.8, 4) is 0 Å². The van der Waals surface area contributed by atoms with Crippen LogP contribution in [0.3, 0.4) is 0 Å². The molecule has 1 aromatic rings. The van der Waals surface area contributed by atoms with E-state index in [0.717, 1.165) is 6.26 Å². The predicted molar refractivity (Wildman–Crippen MR) is 59.5 cm³/mol. The molecule has 0 aromatic heterocycles. The second kappa shape index (κ2) is 4.50. The fraction of sp³-hybridized carbons (Fsp3) is 0.333. The van der Waals surface area contributed by atoms with Crippen molar-refractivity contribution in [1.29, 1.82) is 0 Å². The Labute approximate surface area is 88.8 Å². The SMILES string of the molecule is CS(=O)(=O)c1ccc(NCCO)c(N)c1. The van der Waals surface area contributed by atoms with Gasteiger partial charge in [0.15, 0.2) is 9.84 Å². The highest BCUT2D eigenvalue weighted by atomic mass is 32.2. The van der Waals surface area contributed by atoms with Crippen LogP contribution in [-0.4, -0.2) is 32.9 Å². The molecule has 84 valence electrons. The van der Waals surface area contributed by atoms with Crippen LogP contribution in [0, 0.1) is 0 Å². The summed E-state index contributed by atoms with van der Waals surface area (Å²) >= 11 is 0. The summed E-state index contributed by atoms with van der Waals surface area (Å²) in [5.74, 6) is 0. The molecule has 1 rings (SSSR count). The molecule has 0 atom stereocenters. The van der Waals surface area contributed by atoms with Crippen LogP contribution in [0.2, 0.25) is 0 Å². The van der Waals surface area contributed by atoms with Crippen LogP contribution in [0.1, 0.15) is 0 Å². The van der Waals surface area contributed by atoms with Gasteiger partial charge >= 0.3 is 0 Å². The number of nitrogen functional groups attached to an aromatic ring is 1. The largest absolute Gasteiger partial charge is 0.397 e. The zero-order valence-corrected chi connectivity index (χ0v) is 9.21. The van der Waals surface area contributed by atoms with Crippen molar-refractivity contribution in [2.24, 2.45) is 0 Å². The Morgan fingerprint density at radius 2 is 2.13 bits per heavy atom. The van der Waals surface area contributed by atoms with Crippen molar-refractivity contribution in [3.63, 3.8) is 0 Å². The average molecular weight is 230 g/mol. The molecule has 0 saturated heterocycles. The van der Waals surface area contributed by atoms with E-state index < -0.39 is 9.84 Å². The van der Waals surface area contributed by atoms with E-state index in [-0.39, 0.29) is 11.5 Å². The quantitative estimate of drug-likeness (QED) is 0.637. The van der Waals surface area contributed by atoms with Gasteiger partial charge in [0.1, 0.15) is 0 Å². The zero-order valence-electron chi connectivity index (χ0n) is 8.40. The Bertz CT molecular complexity index is 443. The number of hydrogen-bond acceptors (Lipinski definition) is 5. The van der Waals surface area contributed by atoms with Crippen molar-refractivity contribution in [3.05, 3.63) is 18.2 Å². The number of sulfone groups is 1. The zero-order chi connectivity index (χ0) is 11.5. The maximum absolute atomic E-state index is 11.2. The van der Waals surface area contributed by atoms with E-state index in [2.05, 4.69) is 5.32 Å². The maximum Gasteiger partial charge on any atom is 0.175 e. The van der Waals surface area contributed by atoms with Gasteiger partial charge in [0, 0.05) is 12.8 Å². The topological polar surface area (TPSA) is 92.4 Å². The van der Waals surface area contributed by atoms with Crippen LogP contribution in [0.5, 0.6) is 0 Å². The first kappa shape index (κ1) is 11.8. The fourth-order valence-electron chi connectivity index (χ4n) is 1.12. The minimum atomic E-state index is -3.22. The summed E-state index contributed by atoms with van der Waals surface area (Å²) in [6.45, 7) is 0.371. The van der Waals surface area contributed by atoms with Crippen LogP contribution in [0.15, 0.2) is 23.1 Å². The van der Waals surface area contributed by atoms with Crippen molar-refractivity contribution in [1.82, 2.24) is 0 Å². The first-order valence-corrected chi connectivity index (χ1v) is 6.28. The maximum atomic E-state index is 11.2. The Morgan fingerprint density at radius 1 is 1.47 bits per heavy atom. The minimum Gasteiger partial charge on any atom is -0.397 e. The second-order valence-electron chi connectivity index (χ2n) is 3.17. The highest BCUT2D eigenvalue weighted by molar-refractivity contribution is 7.90. The molecular formula is C9H14N2O3S. The lowest BCUT2D eigenvalue weighted by atomic mass is 10.2. The molecule has 0 bridgehead atoms. The van der Waals surface area contributed by atoms with Gasteiger partial charge in [-0.3, -0.25) is 0 Å². The van der Waals surface area contributed by atoms with Gasteiger partial charge in [0.05, 0.1) is 22.9 Å². The lowest BCUT2D eigenvalue weighted by molar-refractivity contribution is 0.311. The molecule has 0 radical (unpaired) electrons. The summed E-state index contributed by atoms with van der Waals surface area (Å²) in [5, 5.41) is 11.5. The second-order valence-corrected chi connectivity index (χ2v) is 5.19. The van der Waals surface area contributed by atoms with E-state index in [9.17, 15) is 8.42 Å². The van der Waals surface area contributed by atoms with E-state index >= 15 is 0 Å². The molecule has 0 amide bonds. The lowest BCUT2D eigenvalue weighted by Gasteiger charge is -2.08. The van der Waals surface area contributed by atoms with E-state index in [1.54, 1.807) is 6.07 Å². The monoisotopic (exact) mass is 230 g/mol. The third-order valence-electron chi connectivity index (χ3n) is 1.88. The van der Waals surface area contributed by atoms with Gasteiger partial charge in [-0.2, -0.15) is 0 Å². The molecule has 0 aliphatic carbocycles. The fourth-order valence-corrected chi connectivity index (χ4v) is 1.78. The Balaban J connectivity index is 2.99. The third kappa shape index (κ3) is 3.10. The molecule has 0 saturated carbocycles. The Hall–Kier alpha value is -1.27. The molecule has 0 aliphatic heterocycles. The summed E-state index contributed by atoms with van der Waals surface area (Å²) < 4.78 is 22.4. The van der Waals surface area contributed by atoms with Gasteiger partial charge in [-0.05, 0) is 18.2 Å². The molecule has 5 nitrogen and oxygen atoms in total. The summed E-state index contributed by atoms with van der Waals surface area (Å²) in [7, 11) is -3.22. The summed E-state index contributed by atoms with van der Waals surface area (Å²) in [4.78, 5) is 0.189. The molecule has 0 unspecified atom stereocenters. The third-order valence-corrected chi connectivity index (χ3v) is 2.99. The Morgan fingerprint density at radius 3 is 2.60 bits per heavy atom. The van der Waals surface area contributed by atoms with E-state index in [0.29, 0.717) is 17.9 Å². The van der Waals surface area contributed by atoms with Gasteiger partial charge < -0.3 is 16.2 Å². The first-order chi connectivity index (χ1) is 6.95. The highest BCUT2D eigenvalue weighted by Gasteiger charge is 2.08. The number of aliphatic hydroxyl groups excluding tert-OH is 1.